The van der Waals surface area contributed by atoms with Crippen molar-refractivity contribution in [2.45, 2.75) is 13.2 Å². The minimum atomic E-state index is -2.88. The second kappa shape index (κ2) is 7.16. The highest BCUT2D eigenvalue weighted by Crippen LogP contribution is 2.33. The fraction of sp³-hybridized carbons (Fsp3) is 0.143. The Morgan fingerprint density at radius 2 is 1.67 bits per heavy atom. The summed E-state index contributed by atoms with van der Waals surface area (Å²) in [6, 6.07) is 9.58. The van der Waals surface area contributed by atoms with E-state index in [0.29, 0.717) is 26.3 Å². The maximum Gasteiger partial charge on any atom is 0.387 e. The lowest BCUT2D eigenvalue weighted by molar-refractivity contribution is -0.0504. The normalized spacial score (nSPS) is 10.8. The molecule has 0 aliphatic carbocycles. The summed E-state index contributed by atoms with van der Waals surface area (Å²) in [5, 5.41) is 4.09. The van der Waals surface area contributed by atoms with E-state index < -0.39 is 6.61 Å². The van der Waals surface area contributed by atoms with Crippen LogP contribution in [-0.2, 0) is 6.54 Å². The van der Waals surface area contributed by atoms with E-state index in [9.17, 15) is 8.78 Å². The second-order valence-electron chi connectivity index (χ2n) is 4.09. The molecule has 0 aliphatic heterocycles. The van der Waals surface area contributed by atoms with Gasteiger partial charge in [0.05, 0.1) is 20.8 Å². The highest BCUT2D eigenvalue weighted by Gasteiger charge is 2.10. The molecular weight excluding hydrogens is 343 g/mol. The van der Waals surface area contributed by atoms with Gasteiger partial charge in [-0.3, -0.25) is 0 Å². The first-order chi connectivity index (χ1) is 9.97. The number of nitrogens with one attached hydrogen (secondary N) is 1. The summed E-state index contributed by atoms with van der Waals surface area (Å²) < 4.78 is 29.1. The third kappa shape index (κ3) is 4.37. The molecule has 0 saturated heterocycles. The predicted octanol–water partition coefficient (Wildman–Crippen LogP) is 5.86. The zero-order chi connectivity index (χ0) is 15.4. The van der Waals surface area contributed by atoms with Crippen LogP contribution >= 0.6 is 34.8 Å². The first-order valence-electron chi connectivity index (χ1n) is 5.88. The molecule has 2 aromatic rings. The zero-order valence-corrected chi connectivity index (χ0v) is 12.8. The van der Waals surface area contributed by atoms with Gasteiger partial charge in [0, 0.05) is 12.1 Å². The predicted molar refractivity (Wildman–Crippen MR) is 81.9 cm³/mol. The van der Waals surface area contributed by atoms with E-state index in [-0.39, 0.29) is 12.3 Å². The monoisotopic (exact) mass is 351 g/mol. The standard InChI is InChI=1S/C14H10Cl3F2NO/c15-9-5-11(17)12(6-10(9)16)20-7-8-3-1-2-4-13(8)21-14(18)19/h1-6,14,20H,7H2. The van der Waals surface area contributed by atoms with Crippen molar-refractivity contribution in [3.8, 4) is 5.75 Å². The molecule has 0 aliphatic rings. The van der Waals surface area contributed by atoms with Crippen LogP contribution in [0.25, 0.3) is 0 Å². The van der Waals surface area contributed by atoms with Gasteiger partial charge in [0.1, 0.15) is 5.75 Å². The van der Waals surface area contributed by atoms with Crippen molar-refractivity contribution in [1.29, 1.82) is 0 Å². The van der Waals surface area contributed by atoms with Crippen molar-refractivity contribution in [2.75, 3.05) is 5.32 Å². The van der Waals surface area contributed by atoms with E-state index in [2.05, 4.69) is 10.1 Å². The number of alkyl halides is 2. The van der Waals surface area contributed by atoms with E-state index in [0.717, 1.165) is 0 Å². The fourth-order valence-electron chi connectivity index (χ4n) is 1.71. The van der Waals surface area contributed by atoms with Gasteiger partial charge < -0.3 is 10.1 Å². The smallest absolute Gasteiger partial charge is 0.387 e. The molecule has 0 atom stereocenters. The molecule has 0 unspecified atom stereocenters. The maximum absolute atomic E-state index is 12.3. The van der Waals surface area contributed by atoms with E-state index in [1.165, 1.54) is 12.1 Å². The van der Waals surface area contributed by atoms with Gasteiger partial charge in [-0.2, -0.15) is 8.78 Å². The van der Waals surface area contributed by atoms with E-state index in [1.807, 2.05) is 0 Å². The Morgan fingerprint density at radius 3 is 2.38 bits per heavy atom. The SMILES string of the molecule is FC(F)Oc1ccccc1CNc1cc(Cl)c(Cl)cc1Cl. The van der Waals surface area contributed by atoms with Gasteiger partial charge in [-0.25, -0.2) is 0 Å². The molecule has 0 bridgehead atoms. The average molecular weight is 353 g/mol. The van der Waals surface area contributed by atoms with Gasteiger partial charge in [0.25, 0.3) is 0 Å². The molecule has 2 nitrogen and oxygen atoms in total. The minimum Gasteiger partial charge on any atom is -0.434 e. The highest BCUT2D eigenvalue weighted by molar-refractivity contribution is 6.44. The quantitative estimate of drug-likeness (QED) is 0.680. The number of rotatable bonds is 5. The Hall–Kier alpha value is -1.23. The molecule has 0 radical (unpaired) electrons. The summed E-state index contributed by atoms with van der Waals surface area (Å²) in [6.07, 6.45) is 0. The number of benzene rings is 2. The minimum absolute atomic E-state index is 0.108. The van der Waals surface area contributed by atoms with Crippen LogP contribution in [0.15, 0.2) is 36.4 Å². The largest absolute Gasteiger partial charge is 0.434 e. The number of ether oxygens (including phenoxy) is 1. The molecule has 0 amide bonds. The van der Waals surface area contributed by atoms with Gasteiger partial charge in [-0.05, 0) is 18.2 Å². The molecule has 0 heterocycles. The van der Waals surface area contributed by atoms with Gasteiger partial charge in [-0.15, -0.1) is 0 Å². The summed E-state index contributed by atoms with van der Waals surface area (Å²) >= 11 is 17.8. The Bertz CT molecular complexity index is 638. The van der Waals surface area contributed by atoms with Crippen LogP contribution in [0.5, 0.6) is 5.75 Å². The molecule has 0 saturated carbocycles. The molecule has 112 valence electrons. The summed E-state index contributed by atoms with van der Waals surface area (Å²) in [6.45, 7) is -2.62. The lowest BCUT2D eigenvalue weighted by Crippen LogP contribution is -2.07. The van der Waals surface area contributed by atoms with Crippen molar-refractivity contribution >= 4 is 40.5 Å². The summed E-state index contributed by atoms with van der Waals surface area (Å²) in [4.78, 5) is 0. The molecule has 0 fully saturated rings. The average Bonchev–Trinajstić information content (AvgIpc) is 2.42. The first kappa shape index (κ1) is 16.1. The third-order valence-electron chi connectivity index (χ3n) is 2.67. The number of anilines is 1. The molecule has 2 aromatic carbocycles. The van der Waals surface area contributed by atoms with E-state index >= 15 is 0 Å². The zero-order valence-electron chi connectivity index (χ0n) is 10.5. The maximum atomic E-state index is 12.3. The van der Waals surface area contributed by atoms with Crippen LogP contribution in [-0.4, -0.2) is 6.61 Å². The van der Waals surface area contributed by atoms with E-state index in [4.69, 9.17) is 34.8 Å². The molecule has 1 N–H and O–H groups in total. The number of para-hydroxylation sites is 1. The molecule has 7 heteroatoms. The fourth-order valence-corrected chi connectivity index (χ4v) is 2.32. The van der Waals surface area contributed by atoms with Gasteiger partial charge in [0.2, 0.25) is 0 Å². The number of halogens is 5. The lowest BCUT2D eigenvalue weighted by Gasteiger charge is -2.13. The summed E-state index contributed by atoms with van der Waals surface area (Å²) in [5.41, 5.74) is 1.12. The van der Waals surface area contributed by atoms with Crippen LogP contribution < -0.4 is 10.1 Å². The van der Waals surface area contributed by atoms with Crippen LogP contribution in [0.2, 0.25) is 15.1 Å². The second-order valence-corrected chi connectivity index (χ2v) is 5.31. The Balaban J connectivity index is 2.15. The van der Waals surface area contributed by atoms with E-state index in [1.54, 1.807) is 24.3 Å². The van der Waals surface area contributed by atoms with Gasteiger partial charge in [-0.1, -0.05) is 53.0 Å². The molecule has 21 heavy (non-hydrogen) atoms. The van der Waals surface area contributed by atoms with Gasteiger partial charge in [0.15, 0.2) is 0 Å². The Morgan fingerprint density at radius 1 is 1.00 bits per heavy atom. The van der Waals surface area contributed by atoms with Crippen molar-refractivity contribution in [3.63, 3.8) is 0 Å². The van der Waals surface area contributed by atoms with Crippen molar-refractivity contribution in [2.24, 2.45) is 0 Å². The number of hydrogen-bond acceptors (Lipinski definition) is 2. The Labute approximate surface area is 135 Å². The first-order valence-corrected chi connectivity index (χ1v) is 7.02. The molecule has 2 rings (SSSR count). The topological polar surface area (TPSA) is 21.3 Å². The molecular formula is C14H10Cl3F2NO. The Kier molecular flexibility index (Phi) is 5.51. The summed E-state index contributed by atoms with van der Waals surface area (Å²) in [5.74, 6) is 0.108. The lowest BCUT2D eigenvalue weighted by atomic mass is 10.2. The highest BCUT2D eigenvalue weighted by atomic mass is 35.5. The van der Waals surface area contributed by atoms with Crippen LogP contribution in [0.4, 0.5) is 14.5 Å². The third-order valence-corrected chi connectivity index (χ3v) is 3.70. The van der Waals surface area contributed by atoms with Crippen molar-refractivity contribution in [1.82, 2.24) is 0 Å². The van der Waals surface area contributed by atoms with Crippen LogP contribution in [0.1, 0.15) is 5.56 Å². The van der Waals surface area contributed by atoms with Crippen LogP contribution in [0, 0.1) is 0 Å². The molecule has 0 spiro atoms. The van der Waals surface area contributed by atoms with Crippen LogP contribution in [0.3, 0.4) is 0 Å². The van der Waals surface area contributed by atoms with Gasteiger partial charge >= 0.3 is 6.61 Å². The molecule has 0 aromatic heterocycles. The number of hydrogen-bond donors (Lipinski definition) is 1. The summed E-state index contributed by atoms with van der Waals surface area (Å²) in [7, 11) is 0. The van der Waals surface area contributed by atoms with Crippen molar-refractivity contribution < 1.29 is 13.5 Å². The van der Waals surface area contributed by atoms with Crippen molar-refractivity contribution in [3.05, 3.63) is 57.0 Å².